The SMILES string of the molecule is CC(CC1CC1)(NC(=O)O)/C(N)=N/C(N)=N/O. The molecule has 8 nitrogen and oxygen atoms in total. The van der Waals surface area contributed by atoms with Crippen LogP contribution >= 0.6 is 0 Å². The van der Waals surface area contributed by atoms with Crippen LogP contribution in [0.5, 0.6) is 0 Å². The number of oxime groups is 1. The van der Waals surface area contributed by atoms with Crippen LogP contribution in [0.3, 0.4) is 0 Å². The number of rotatable bonds is 4. The Morgan fingerprint density at radius 1 is 1.53 bits per heavy atom. The quantitative estimate of drug-likeness (QED) is 0.202. The molecule has 8 heteroatoms. The minimum atomic E-state index is -1.19. The second-order valence-corrected chi connectivity index (χ2v) is 4.37. The van der Waals surface area contributed by atoms with Crippen LogP contribution < -0.4 is 16.8 Å². The summed E-state index contributed by atoms with van der Waals surface area (Å²) in [7, 11) is 0. The van der Waals surface area contributed by atoms with E-state index in [0.717, 1.165) is 12.8 Å². The lowest BCUT2D eigenvalue weighted by Crippen LogP contribution is -2.55. The zero-order chi connectivity index (χ0) is 13.1. The highest BCUT2D eigenvalue weighted by Gasteiger charge is 2.37. The van der Waals surface area contributed by atoms with Crippen LogP contribution in [0.1, 0.15) is 26.2 Å². The molecule has 96 valence electrons. The van der Waals surface area contributed by atoms with Crippen molar-refractivity contribution in [1.29, 1.82) is 0 Å². The lowest BCUT2D eigenvalue weighted by atomic mass is 9.93. The Labute approximate surface area is 98.4 Å². The van der Waals surface area contributed by atoms with Gasteiger partial charge in [-0.1, -0.05) is 12.8 Å². The number of carbonyl (C=O) groups is 1. The van der Waals surface area contributed by atoms with Crippen molar-refractivity contribution in [2.75, 3.05) is 0 Å². The van der Waals surface area contributed by atoms with E-state index in [0.29, 0.717) is 12.3 Å². The third kappa shape index (κ3) is 3.82. The molecular weight excluding hydrogens is 226 g/mol. The lowest BCUT2D eigenvalue weighted by Gasteiger charge is -2.28. The average molecular weight is 243 g/mol. The Morgan fingerprint density at radius 3 is 2.53 bits per heavy atom. The summed E-state index contributed by atoms with van der Waals surface area (Å²) >= 11 is 0. The molecule has 1 atom stereocenters. The Kier molecular flexibility index (Phi) is 3.77. The number of carboxylic acid groups (broad SMARTS) is 1. The van der Waals surface area contributed by atoms with Gasteiger partial charge in [0.25, 0.3) is 5.96 Å². The third-order valence-electron chi connectivity index (χ3n) is 2.68. The molecular formula is C9H17N5O3. The summed E-state index contributed by atoms with van der Waals surface area (Å²) in [4.78, 5) is 14.4. The van der Waals surface area contributed by atoms with Gasteiger partial charge in [0.15, 0.2) is 0 Å². The van der Waals surface area contributed by atoms with Gasteiger partial charge in [-0.25, -0.2) is 4.79 Å². The van der Waals surface area contributed by atoms with E-state index in [1.54, 1.807) is 6.92 Å². The van der Waals surface area contributed by atoms with Crippen molar-refractivity contribution in [2.45, 2.75) is 31.7 Å². The molecule has 0 aromatic heterocycles. The van der Waals surface area contributed by atoms with Crippen LogP contribution in [0.2, 0.25) is 0 Å². The summed E-state index contributed by atoms with van der Waals surface area (Å²) in [5.74, 6) is 0.0201. The molecule has 1 amide bonds. The Bertz CT molecular complexity index is 364. The van der Waals surface area contributed by atoms with Gasteiger partial charge >= 0.3 is 6.09 Å². The molecule has 1 aliphatic carbocycles. The zero-order valence-electron chi connectivity index (χ0n) is 9.55. The van der Waals surface area contributed by atoms with E-state index < -0.39 is 17.6 Å². The number of aliphatic imine (C=N–C) groups is 1. The molecule has 0 bridgehead atoms. The normalized spacial score (nSPS) is 20.8. The molecule has 0 heterocycles. The molecule has 0 saturated heterocycles. The highest BCUT2D eigenvalue weighted by molar-refractivity contribution is 6.00. The van der Waals surface area contributed by atoms with Crippen molar-refractivity contribution >= 4 is 17.9 Å². The van der Waals surface area contributed by atoms with Crippen molar-refractivity contribution < 1.29 is 15.1 Å². The number of nitrogens with one attached hydrogen (secondary N) is 1. The average Bonchev–Trinajstić information content (AvgIpc) is 2.99. The summed E-state index contributed by atoms with van der Waals surface area (Å²) in [5.41, 5.74) is 9.91. The first-order valence-electron chi connectivity index (χ1n) is 5.20. The molecule has 1 saturated carbocycles. The van der Waals surface area contributed by atoms with Gasteiger partial charge in [0.1, 0.15) is 5.84 Å². The largest absolute Gasteiger partial charge is 0.465 e. The van der Waals surface area contributed by atoms with Gasteiger partial charge < -0.3 is 27.1 Å². The van der Waals surface area contributed by atoms with Crippen molar-refractivity contribution in [3.63, 3.8) is 0 Å². The summed E-state index contributed by atoms with van der Waals surface area (Å²) in [5, 5.41) is 22.2. The van der Waals surface area contributed by atoms with Gasteiger partial charge in [0.05, 0.1) is 5.54 Å². The van der Waals surface area contributed by atoms with Crippen LogP contribution in [-0.4, -0.2) is 33.7 Å². The molecule has 1 fully saturated rings. The van der Waals surface area contributed by atoms with Crippen molar-refractivity contribution in [1.82, 2.24) is 5.32 Å². The fourth-order valence-electron chi connectivity index (χ4n) is 1.62. The molecule has 1 unspecified atom stereocenters. The van der Waals surface area contributed by atoms with Gasteiger partial charge in [-0.2, -0.15) is 4.99 Å². The maximum absolute atomic E-state index is 10.7. The minimum Gasteiger partial charge on any atom is -0.465 e. The van der Waals surface area contributed by atoms with Gasteiger partial charge in [-0.15, -0.1) is 0 Å². The number of hydrogen-bond donors (Lipinski definition) is 5. The molecule has 0 spiro atoms. The predicted octanol–water partition coefficient (Wildman–Crippen LogP) is -0.126. The van der Waals surface area contributed by atoms with E-state index in [1.807, 2.05) is 0 Å². The van der Waals surface area contributed by atoms with Crippen LogP contribution in [0, 0.1) is 5.92 Å². The van der Waals surface area contributed by atoms with Crippen LogP contribution in [0.25, 0.3) is 0 Å². The topological polar surface area (TPSA) is 146 Å². The maximum atomic E-state index is 10.7. The van der Waals surface area contributed by atoms with E-state index in [9.17, 15) is 4.79 Å². The van der Waals surface area contributed by atoms with Crippen LogP contribution in [0.4, 0.5) is 4.79 Å². The first-order chi connectivity index (χ1) is 7.87. The van der Waals surface area contributed by atoms with Gasteiger partial charge in [0.2, 0.25) is 0 Å². The van der Waals surface area contributed by atoms with Crippen LogP contribution in [-0.2, 0) is 0 Å². The van der Waals surface area contributed by atoms with Crippen molar-refractivity contribution in [3.05, 3.63) is 0 Å². The number of nitrogens with two attached hydrogens (primary N) is 2. The number of guanidine groups is 1. The summed E-state index contributed by atoms with van der Waals surface area (Å²) in [6.07, 6.45) is 1.46. The third-order valence-corrected chi connectivity index (χ3v) is 2.68. The van der Waals surface area contributed by atoms with Crippen molar-refractivity contribution in [3.8, 4) is 0 Å². The minimum absolute atomic E-state index is 0.0119. The molecule has 0 aliphatic heterocycles. The Morgan fingerprint density at radius 2 is 2.12 bits per heavy atom. The van der Waals surface area contributed by atoms with Gasteiger partial charge in [0, 0.05) is 0 Å². The second kappa shape index (κ2) is 4.89. The molecule has 1 rings (SSSR count). The highest BCUT2D eigenvalue weighted by Crippen LogP contribution is 2.36. The summed E-state index contributed by atoms with van der Waals surface area (Å²) in [6, 6.07) is 0. The summed E-state index contributed by atoms with van der Waals surface area (Å²) in [6.45, 7) is 1.63. The monoisotopic (exact) mass is 243 g/mol. The fraction of sp³-hybridized carbons (Fsp3) is 0.667. The van der Waals surface area contributed by atoms with E-state index in [4.69, 9.17) is 21.8 Å². The lowest BCUT2D eigenvalue weighted by molar-refractivity contribution is 0.185. The summed E-state index contributed by atoms with van der Waals surface area (Å²) < 4.78 is 0. The fourth-order valence-corrected chi connectivity index (χ4v) is 1.62. The first-order valence-corrected chi connectivity index (χ1v) is 5.20. The maximum Gasteiger partial charge on any atom is 0.405 e. The smallest absolute Gasteiger partial charge is 0.405 e. The van der Waals surface area contributed by atoms with E-state index in [1.165, 1.54) is 0 Å². The molecule has 0 radical (unpaired) electrons. The molecule has 1 aliphatic rings. The number of amidine groups is 1. The van der Waals surface area contributed by atoms with Gasteiger partial charge in [-0.05, 0) is 24.4 Å². The van der Waals surface area contributed by atoms with Gasteiger partial charge in [-0.3, -0.25) is 0 Å². The molecule has 17 heavy (non-hydrogen) atoms. The number of nitrogens with zero attached hydrogens (tertiary/aromatic N) is 2. The second-order valence-electron chi connectivity index (χ2n) is 4.37. The van der Waals surface area contributed by atoms with E-state index in [2.05, 4.69) is 15.5 Å². The standard InChI is InChI=1S/C9H17N5O3/c1-9(13-8(15)16,4-5-2-3-5)6(10)12-7(11)14-17/h5,13,17H,2-4H2,1H3,(H,15,16)(H4,10,11,12,14). The Hall–Kier alpha value is -1.99. The number of hydrogen-bond acceptors (Lipinski definition) is 3. The van der Waals surface area contributed by atoms with Crippen LogP contribution in [0.15, 0.2) is 10.1 Å². The number of amides is 1. The Balaban J connectivity index is 2.86. The molecule has 0 aromatic rings. The van der Waals surface area contributed by atoms with E-state index >= 15 is 0 Å². The predicted molar refractivity (Wildman–Crippen MR) is 61.9 cm³/mol. The zero-order valence-corrected chi connectivity index (χ0v) is 9.55. The van der Waals surface area contributed by atoms with Crippen molar-refractivity contribution in [2.24, 2.45) is 27.5 Å². The molecule has 0 aromatic carbocycles. The van der Waals surface area contributed by atoms with E-state index in [-0.39, 0.29) is 5.84 Å². The first kappa shape index (κ1) is 13.1. The highest BCUT2D eigenvalue weighted by atomic mass is 16.4. The molecule has 7 N–H and O–H groups in total.